The summed E-state index contributed by atoms with van der Waals surface area (Å²) in [7, 11) is 0. The van der Waals surface area contributed by atoms with E-state index in [1.54, 1.807) is 6.07 Å². The molecule has 2 heteroatoms. The van der Waals surface area contributed by atoms with Crippen LogP contribution in [0.3, 0.4) is 0 Å². The van der Waals surface area contributed by atoms with Gasteiger partial charge in [0.05, 0.1) is 0 Å². The highest BCUT2D eigenvalue weighted by molar-refractivity contribution is 6.08. The van der Waals surface area contributed by atoms with Crippen molar-refractivity contribution in [3.63, 3.8) is 0 Å². The lowest BCUT2D eigenvalue weighted by atomic mass is 9.92. The minimum atomic E-state index is -0.0692. The fourth-order valence-electron chi connectivity index (χ4n) is 2.69. The Morgan fingerprint density at radius 1 is 0.722 bits per heavy atom. The first-order chi connectivity index (χ1) is 8.61. The van der Waals surface area contributed by atoms with Crippen LogP contribution in [0.1, 0.15) is 11.1 Å². The number of fused-ring (bicyclic) bond motifs is 2. The van der Waals surface area contributed by atoms with Gasteiger partial charge in [-0.1, -0.05) is 30.3 Å². The molecule has 0 atom stereocenters. The van der Waals surface area contributed by atoms with Crippen molar-refractivity contribution in [2.24, 2.45) is 0 Å². The Balaban J connectivity index is 2.67. The van der Waals surface area contributed by atoms with Gasteiger partial charge in [0.2, 0.25) is 0 Å². The summed E-state index contributed by atoms with van der Waals surface area (Å²) >= 11 is 0. The minimum absolute atomic E-state index is 0.0288. The molecule has 0 unspecified atom stereocenters. The summed E-state index contributed by atoms with van der Waals surface area (Å²) in [5.74, 6) is -0.0980. The highest BCUT2D eigenvalue weighted by atomic mass is 16.3. The third-order valence-corrected chi connectivity index (χ3v) is 3.67. The van der Waals surface area contributed by atoms with E-state index in [0.29, 0.717) is 0 Å². The average molecular weight is 238 g/mol. The second-order valence-electron chi connectivity index (χ2n) is 4.65. The summed E-state index contributed by atoms with van der Waals surface area (Å²) in [6, 6.07) is 11.5. The van der Waals surface area contributed by atoms with E-state index in [2.05, 4.69) is 6.07 Å². The lowest BCUT2D eigenvalue weighted by Gasteiger charge is -2.13. The smallest absolute Gasteiger partial charge is 0.165 e. The molecule has 0 aliphatic heterocycles. The maximum atomic E-state index is 10.1. The van der Waals surface area contributed by atoms with E-state index in [1.165, 1.54) is 5.39 Å². The predicted molar refractivity (Wildman–Crippen MR) is 74.3 cm³/mol. The van der Waals surface area contributed by atoms with Gasteiger partial charge in [-0.2, -0.15) is 0 Å². The third-order valence-electron chi connectivity index (χ3n) is 3.67. The van der Waals surface area contributed by atoms with E-state index in [4.69, 9.17) is 0 Å². The van der Waals surface area contributed by atoms with Crippen LogP contribution in [-0.2, 0) is 0 Å². The van der Waals surface area contributed by atoms with Crippen molar-refractivity contribution in [2.75, 3.05) is 0 Å². The van der Waals surface area contributed by atoms with E-state index >= 15 is 0 Å². The van der Waals surface area contributed by atoms with E-state index in [-0.39, 0.29) is 11.5 Å². The van der Waals surface area contributed by atoms with Gasteiger partial charge in [0.15, 0.2) is 11.5 Å². The Labute approximate surface area is 105 Å². The standard InChI is InChI=1S/C16H14O2/c1-9-11-5-3-4-6-12(11)10(2)15-13(9)7-8-14(17)16(15)18/h3-8,17-18H,1-2H3. The molecule has 90 valence electrons. The number of benzene rings is 3. The summed E-state index contributed by atoms with van der Waals surface area (Å²) in [4.78, 5) is 0. The lowest BCUT2D eigenvalue weighted by molar-refractivity contribution is 0.408. The molecule has 3 aromatic carbocycles. The van der Waals surface area contributed by atoms with Crippen LogP contribution in [0.2, 0.25) is 0 Å². The quantitative estimate of drug-likeness (QED) is 0.458. The van der Waals surface area contributed by atoms with E-state index in [1.807, 2.05) is 38.1 Å². The largest absolute Gasteiger partial charge is 0.504 e. The van der Waals surface area contributed by atoms with Gasteiger partial charge in [-0.3, -0.25) is 0 Å². The van der Waals surface area contributed by atoms with Crippen molar-refractivity contribution in [1.82, 2.24) is 0 Å². The zero-order chi connectivity index (χ0) is 12.9. The second kappa shape index (κ2) is 3.64. The highest BCUT2D eigenvalue weighted by Gasteiger charge is 2.13. The molecule has 0 saturated heterocycles. The van der Waals surface area contributed by atoms with Crippen LogP contribution >= 0.6 is 0 Å². The van der Waals surface area contributed by atoms with Gasteiger partial charge in [-0.15, -0.1) is 0 Å². The number of hydrogen-bond donors (Lipinski definition) is 2. The average Bonchev–Trinajstić information content (AvgIpc) is 2.39. The summed E-state index contributed by atoms with van der Waals surface area (Å²) < 4.78 is 0. The maximum absolute atomic E-state index is 10.1. The van der Waals surface area contributed by atoms with Gasteiger partial charge in [-0.25, -0.2) is 0 Å². The first-order valence-corrected chi connectivity index (χ1v) is 5.94. The highest BCUT2D eigenvalue weighted by Crippen LogP contribution is 2.40. The topological polar surface area (TPSA) is 40.5 Å². The molecule has 0 aliphatic carbocycles. The number of aromatic hydroxyl groups is 2. The zero-order valence-corrected chi connectivity index (χ0v) is 10.4. The number of phenols is 2. The van der Waals surface area contributed by atoms with Crippen molar-refractivity contribution >= 4 is 21.5 Å². The molecule has 2 N–H and O–H groups in total. The molecule has 0 aromatic heterocycles. The van der Waals surface area contributed by atoms with Gasteiger partial charge in [0, 0.05) is 5.39 Å². The maximum Gasteiger partial charge on any atom is 0.165 e. The number of phenolic OH excluding ortho intramolecular Hbond substituents is 2. The molecule has 2 nitrogen and oxygen atoms in total. The molecule has 0 fully saturated rings. The molecule has 3 rings (SSSR count). The summed E-state index contributed by atoms with van der Waals surface area (Å²) in [6.45, 7) is 4.02. The van der Waals surface area contributed by atoms with Crippen molar-refractivity contribution in [3.05, 3.63) is 47.5 Å². The van der Waals surface area contributed by atoms with Gasteiger partial charge in [0.25, 0.3) is 0 Å². The molecular formula is C16H14O2. The fourth-order valence-corrected chi connectivity index (χ4v) is 2.69. The van der Waals surface area contributed by atoms with Crippen molar-refractivity contribution in [2.45, 2.75) is 13.8 Å². The van der Waals surface area contributed by atoms with Crippen LogP contribution in [0.25, 0.3) is 21.5 Å². The van der Waals surface area contributed by atoms with Crippen molar-refractivity contribution < 1.29 is 10.2 Å². The van der Waals surface area contributed by atoms with Crippen LogP contribution in [0.15, 0.2) is 36.4 Å². The van der Waals surface area contributed by atoms with Gasteiger partial charge in [-0.05, 0) is 47.2 Å². The monoisotopic (exact) mass is 238 g/mol. The van der Waals surface area contributed by atoms with Crippen LogP contribution in [-0.4, -0.2) is 10.2 Å². The molecule has 0 heterocycles. The van der Waals surface area contributed by atoms with Crippen LogP contribution in [0, 0.1) is 13.8 Å². The lowest BCUT2D eigenvalue weighted by Crippen LogP contribution is -1.88. The summed E-state index contributed by atoms with van der Waals surface area (Å²) in [6.07, 6.45) is 0. The van der Waals surface area contributed by atoms with E-state index in [0.717, 1.165) is 27.3 Å². The fraction of sp³-hybridized carbons (Fsp3) is 0.125. The molecular weight excluding hydrogens is 224 g/mol. The Morgan fingerprint density at radius 2 is 1.33 bits per heavy atom. The predicted octanol–water partition coefficient (Wildman–Crippen LogP) is 4.02. The molecule has 0 bridgehead atoms. The number of rotatable bonds is 0. The van der Waals surface area contributed by atoms with E-state index in [9.17, 15) is 10.2 Å². The molecule has 0 aliphatic rings. The number of hydrogen-bond acceptors (Lipinski definition) is 2. The van der Waals surface area contributed by atoms with Crippen molar-refractivity contribution in [3.8, 4) is 11.5 Å². The van der Waals surface area contributed by atoms with Gasteiger partial charge >= 0.3 is 0 Å². The van der Waals surface area contributed by atoms with Gasteiger partial charge < -0.3 is 10.2 Å². The molecule has 3 aromatic rings. The van der Waals surface area contributed by atoms with Crippen LogP contribution < -0.4 is 0 Å². The first-order valence-electron chi connectivity index (χ1n) is 5.94. The van der Waals surface area contributed by atoms with E-state index < -0.39 is 0 Å². The van der Waals surface area contributed by atoms with Crippen molar-refractivity contribution in [1.29, 1.82) is 0 Å². The second-order valence-corrected chi connectivity index (χ2v) is 4.65. The Bertz CT molecular complexity index is 773. The van der Waals surface area contributed by atoms with Crippen LogP contribution in [0.5, 0.6) is 11.5 Å². The Hall–Kier alpha value is -2.22. The third kappa shape index (κ3) is 1.29. The molecule has 0 amide bonds. The molecule has 0 spiro atoms. The Kier molecular flexibility index (Phi) is 2.20. The normalized spacial score (nSPS) is 11.2. The zero-order valence-electron chi connectivity index (χ0n) is 10.4. The number of aryl methyl sites for hydroxylation is 2. The summed E-state index contributed by atoms with van der Waals surface area (Å²) in [5, 5.41) is 23.8. The molecule has 0 saturated carbocycles. The minimum Gasteiger partial charge on any atom is -0.504 e. The van der Waals surface area contributed by atoms with Crippen LogP contribution in [0.4, 0.5) is 0 Å². The first kappa shape index (κ1) is 10.9. The molecule has 0 radical (unpaired) electrons. The van der Waals surface area contributed by atoms with Gasteiger partial charge in [0.1, 0.15) is 0 Å². The SMILES string of the molecule is Cc1c2ccccc2c(C)c2c(O)c(O)ccc12. The molecule has 18 heavy (non-hydrogen) atoms. The Morgan fingerprint density at radius 3 is 2.00 bits per heavy atom. The summed E-state index contributed by atoms with van der Waals surface area (Å²) in [5.41, 5.74) is 2.13.